The molecule has 22 heavy (non-hydrogen) atoms. The summed E-state index contributed by atoms with van der Waals surface area (Å²) in [6.45, 7) is 0. The molecule has 2 aromatic rings. The number of hydrogen-bond donors (Lipinski definition) is 1. The summed E-state index contributed by atoms with van der Waals surface area (Å²) in [6.07, 6.45) is 2.06. The van der Waals surface area contributed by atoms with Crippen molar-refractivity contribution >= 4 is 10.0 Å². The second kappa shape index (κ2) is 5.91. The van der Waals surface area contributed by atoms with Crippen molar-refractivity contribution in [3.05, 3.63) is 65.7 Å². The first-order valence-electron chi connectivity index (χ1n) is 7.17. The minimum absolute atomic E-state index is 0.133. The lowest BCUT2D eigenvalue weighted by Gasteiger charge is -2.19. The zero-order valence-corrected chi connectivity index (χ0v) is 12.8. The molecule has 1 aliphatic carbocycles. The Morgan fingerprint density at radius 2 is 1.82 bits per heavy atom. The molecular formula is C17H16N2O2S. The van der Waals surface area contributed by atoms with E-state index >= 15 is 0 Å². The largest absolute Gasteiger partial charge is 0.241 e. The molecular weight excluding hydrogens is 296 g/mol. The third kappa shape index (κ3) is 3.19. The summed E-state index contributed by atoms with van der Waals surface area (Å²) in [5, 5.41) is 8.92. The van der Waals surface area contributed by atoms with E-state index in [1.807, 2.05) is 36.4 Å². The molecule has 0 spiro atoms. The van der Waals surface area contributed by atoms with E-state index < -0.39 is 10.0 Å². The lowest BCUT2D eigenvalue weighted by Crippen LogP contribution is -2.30. The Kier molecular flexibility index (Phi) is 3.97. The highest BCUT2D eigenvalue weighted by molar-refractivity contribution is 7.89. The quantitative estimate of drug-likeness (QED) is 0.922. The van der Waals surface area contributed by atoms with Gasteiger partial charge >= 0.3 is 0 Å². The van der Waals surface area contributed by atoms with Crippen LogP contribution in [0.5, 0.6) is 0 Å². The van der Waals surface area contributed by atoms with Crippen LogP contribution in [-0.2, 0) is 10.0 Å². The van der Waals surface area contributed by atoms with E-state index in [2.05, 4.69) is 4.72 Å². The van der Waals surface area contributed by atoms with Crippen LogP contribution in [0.2, 0.25) is 0 Å². The number of rotatable bonds is 5. The average Bonchev–Trinajstić information content (AvgIpc) is 3.38. The normalized spacial score (nSPS) is 16.0. The van der Waals surface area contributed by atoms with Gasteiger partial charge in [-0.1, -0.05) is 36.4 Å². The topological polar surface area (TPSA) is 70.0 Å². The zero-order chi connectivity index (χ0) is 15.6. The molecule has 0 bridgehead atoms. The van der Waals surface area contributed by atoms with Crippen LogP contribution in [0.3, 0.4) is 0 Å². The minimum atomic E-state index is -3.65. The highest BCUT2D eigenvalue weighted by Gasteiger charge is 2.35. The van der Waals surface area contributed by atoms with Gasteiger partial charge in [0, 0.05) is 6.04 Å². The highest BCUT2D eigenvalue weighted by Crippen LogP contribution is 2.41. The van der Waals surface area contributed by atoms with E-state index in [9.17, 15) is 8.42 Å². The third-order valence-electron chi connectivity index (χ3n) is 3.81. The van der Waals surface area contributed by atoms with Gasteiger partial charge in [0.1, 0.15) is 0 Å². The molecule has 1 aliphatic rings. The second-order valence-corrected chi connectivity index (χ2v) is 7.20. The van der Waals surface area contributed by atoms with Crippen molar-refractivity contribution in [2.75, 3.05) is 0 Å². The number of hydrogen-bond acceptors (Lipinski definition) is 3. The second-order valence-electron chi connectivity index (χ2n) is 5.49. The van der Waals surface area contributed by atoms with Gasteiger partial charge in [0.2, 0.25) is 10.0 Å². The molecule has 0 saturated heterocycles. The SMILES string of the molecule is N#Cc1cccc(S(=O)(=O)N[C@@H](c2ccccc2)C2CC2)c1. The number of sulfonamides is 1. The van der Waals surface area contributed by atoms with Gasteiger partial charge in [-0.2, -0.15) is 5.26 Å². The number of nitrogens with zero attached hydrogens (tertiary/aromatic N) is 1. The van der Waals surface area contributed by atoms with Crippen LogP contribution in [0.15, 0.2) is 59.5 Å². The summed E-state index contributed by atoms with van der Waals surface area (Å²) in [7, 11) is -3.65. The summed E-state index contributed by atoms with van der Waals surface area (Å²) in [5.41, 5.74) is 1.32. The lowest BCUT2D eigenvalue weighted by atomic mass is 10.0. The molecule has 1 saturated carbocycles. The molecule has 1 N–H and O–H groups in total. The van der Waals surface area contributed by atoms with Crippen molar-refractivity contribution in [2.45, 2.75) is 23.8 Å². The van der Waals surface area contributed by atoms with E-state index in [-0.39, 0.29) is 10.9 Å². The Balaban J connectivity index is 1.90. The first-order valence-corrected chi connectivity index (χ1v) is 8.66. The molecule has 3 rings (SSSR count). The number of nitriles is 1. The van der Waals surface area contributed by atoms with Gasteiger partial charge in [-0.05, 0) is 42.5 Å². The van der Waals surface area contributed by atoms with Gasteiger partial charge < -0.3 is 0 Å². The van der Waals surface area contributed by atoms with Crippen LogP contribution < -0.4 is 4.72 Å². The fourth-order valence-corrected chi connectivity index (χ4v) is 3.83. The number of benzene rings is 2. The molecule has 112 valence electrons. The van der Waals surface area contributed by atoms with Crippen molar-refractivity contribution in [1.29, 1.82) is 5.26 Å². The molecule has 0 heterocycles. The van der Waals surface area contributed by atoms with E-state index in [0.29, 0.717) is 11.5 Å². The molecule has 1 fully saturated rings. The average molecular weight is 312 g/mol. The summed E-state index contributed by atoms with van der Waals surface area (Å²) in [4.78, 5) is 0.133. The Labute approximate surface area is 130 Å². The standard InChI is InChI=1S/C17H16N2O2S/c18-12-13-5-4-8-16(11-13)22(20,21)19-17(15-9-10-15)14-6-2-1-3-7-14/h1-8,11,15,17,19H,9-10H2/t17-/m0/s1. The Morgan fingerprint density at radius 3 is 2.45 bits per heavy atom. The molecule has 2 aromatic carbocycles. The van der Waals surface area contributed by atoms with Crippen molar-refractivity contribution in [3.8, 4) is 6.07 Å². The van der Waals surface area contributed by atoms with Crippen LogP contribution in [0.1, 0.15) is 30.0 Å². The predicted octanol–water partition coefficient (Wildman–Crippen LogP) is 2.99. The fraction of sp³-hybridized carbons (Fsp3) is 0.235. The van der Waals surface area contributed by atoms with E-state index in [1.54, 1.807) is 12.1 Å². The summed E-state index contributed by atoms with van der Waals surface area (Å²) >= 11 is 0. The van der Waals surface area contributed by atoms with Crippen molar-refractivity contribution in [3.63, 3.8) is 0 Å². The Bertz CT molecular complexity index is 806. The number of nitrogens with one attached hydrogen (secondary N) is 1. The third-order valence-corrected chi connectivity index (χ3v) is 5.25. The van der Waals surface area contributed by atoms with Gasteiger partial charge in [-0.15, -0.1) is 0 Å². The summed E-state index contributed by atoms with van der Waals surface area (Å²) in [5.74, 6) is 0.344. The van der Waals surface area contributed by atoms with Crippen LogP contribution in [0, 0.1) is 17.2 Å². The first-order chi connectivity index (χ1) is 10.6. The zero-order valence-electron chi connectivity index (χ0n) is 11.9. The van der Waals surface area contributed by atoms with Crippen molar-refractivity contribution in [1.82, 2.24) is 4.72 Å². The maximum Gasteiger partial charge on any atom is 0.241 e. The lowest BCUT2D eigenvalue weighted by molar-refractivity contribution is 0.529. The van der Waals surface area contributed by atoms with Crippen molar-refractivity contribution in [2.24, 2.45) is 5.92 Å². The molecule has 0 aromatic heterocycles. The Hall–Kier alpha value is -2.16. The van der Waals surface area contributed by atoms with Gasteiger partial charge in [0.15, 0.2) is 0 Å². The maximum atomic E-state index is 12.6. The predicted molar refractivity (Wildman–Crippen MR) is 83.4 cm³/mol. The molecule has 1 atom stereocenters. The van der Waals surface area contributed by atoms with Crippen molar-refractivity contribution < 1.29 is 8.42 Å². The van der Waals surface area contributed by atoms with Crippen LogP contribution in [-0.4, -0.2) is 8.42 Å². The van der Waals surface area contributed by atoms with Gasteiger partial charge in [0.05, 0.1) is 16.5 Å². The van der Waals surface area contributed by atoms with Gasteiger partial charge in [0.25, 0.3) is 0 Å². The van der Waals surface area contributed by atoms with E-state index in [0.717, 1.165) is 18.4 Å². The molecule has 5 heteroatoms. The van der Waals surface area contributed by atoms with Crippen LogP contribution in [0.4, 0.5) is 0 Å². The van der Waals surface area contributed by atoms with Gasteiger partial charge in [-0.3, -0.25) is 0 Å². The van der Waals surface area contributed by atoms with Crippen LogP contribution >= 0.6 is 0 Å². The first kappa shape index (κ1) is 14.8. The molecule has 4 nitrogen and oxygen atoms in total. The minimum Gasteiger partial charge on any atom is -0.207 e. The summed E-state index contributed by atoms with van der Waals surface area (Å²) < 4.78 is 28.0. The smallest absolute Gasteiger partial charge is 0.207 e. The monoisotopic (exact) mass is 312 g/mol. The maximum absolute atomic E-state index is 12.6. The van der Waals surface area contributed by atoms with Crippen LogP contribution in [0.25, 0.3) is 0 Å². The Morgan fingerprint density at radius 1 is 1.09 bits per heavy atom. The fourth-order valence-electron chi connectivity index (χ4n) is 2.49. The molecule has 0 amide bonds. The molecule has 0 unspecified atom stereocenters. The summed E-state index contributed by atoms with van der Waals surface area (Å²) in [6, 6.07) is 17.5. The molecule has 0 aliphatic heterocycles. The van der Waals surface area contributed by atoms with E-state index in [1.165, 1.54) is 12.1 Å². The van der Waals surface area contributed by atoms with E-state index in [4.69, 9.17) is 5.26 Å². The van der Waals surface area contributed by atoms with Gasteiger partial charge in [-0.25, -0.2) is 13.1 Å². The highest BCUT2D eigenvalue weighted by atomic mass is 32.2. The molecule has 0 radical (unpaired) electrons.